The van der Waals surface area contributed by atoms with E-state index >= 15 is 0 Å². The number of ketones is 1. The van der Waals surface area contributed by atoms with Gasteiger partial charge in [0, 0.05) is 6.07 Å². The van der Waals surface area contributed by atoms with E-state index < -0.39 is 17.6 Å². The molecule has 1 rings (SSSR count). The molecule has 1 aromatic rings. The van der Waals surface area contributed by atoms with Crippen LogP contribution in [0.3, 0.4) is 0 Å². The first-order valence-corrected chi connectivity index (χ1v) is 3.80. The van der Waals surface area contributed by atoms with Crippen molar-refractivity contribution >= 4 is 5.78 Å². The summed E-state index contributed by atoms with van der Waals surface area (Å²) in [5, 5.41) is 8.88. The van der Waals surface area contributed by atoms with Crippen molar-refractivity contribution in [1.82, 2.24) is 0 Å². The van der Waals surface area contributed by atoms with Gasteiger partial charge in [0.05, 0.1) is 11.6 Å². The van der Waals surface area contributed by atoms with Crippen molar-refractivity contribution in [1.29, 1.82) is 0 Å². The van der Waals surface area contributed by atoms with Crippen LogP contribution in [0.15, 0.2) is 18.2 Å². The summed E-state index contributed by atoms with van der Waals surface area (Å²) >= 11 is 0. The van der Waals surface area contributed by atoms with Crippen LogP contribution in [0.5, 0.6) is 5.75 Å². The molecule has 0 heterocycles. The van der Waals surface area contributed by atoms with Gasteiger partial charge in [-0.15, -0.1) is 0 Å². The Kier molecular flexibility index (Phi) is 2.63. The van der Waals surface area contributed by atoms with Crippen LogP contribution in [-0.2, 0) is 0 Å². The molecule has 70 valence electrons. The molecule has 1 aromatic carbocycles. The molecule has 0 aliphatic carbocycles. The van der Waals surface area contributed by atoms with Crippen molar-refractivity contribution in [3.63, 3.8) is 0 Å². The van der Waals surface area contributed by atoms with Crippen molar-refractivity contribution in [2.24, 2.45) is 5.73 Å². The number of nitrogens with two attached hydrogens (primary N) is 1. The molecule has 13 heavy (non-hydrogen) atoms. The minimum absolute atomic E-state index is 0.0900. The minimum atomic E-state index is -0.748. The maximum atomic E-state index is 13.0. The number of carbonyl (C=O) groups excluding carboxylic acids is 1. The summed E-state index contributed by atoms with van der Waals surface area (Å²) in [4.78, 5) is 11.2. The molecule has 0 fully saturated rings. The van der Waals surface area contributed by atoms with Crippen LogP contribution >= 0.6 is 0 Å². The molecule has 1 atom stereocenters. The van der Waals surface area contributed by atoms with Gasteiger partial charge in [0.1, 0.15) is 11.6 Å². The second kappa shape index (κ2) is 3.53. The van der Waals surface area contributed by atoms with Crippen molar-refractivity contribution < 1.29 is 14.3 Å². The number of benzene rings is 1. The largest absolute Gasteiger partial charge is 0.508 e. The van der Waals surface area contributed by atoms with E-state index in [0.717, 1.165) is 6.07 Å². The molecule has 0 saturated carbocycles. The Bertz CT molecular complexity index is 336. The quantitative estimate of drug-likeness (QED) is 0.674. The summed E-state index contributed by atoms with van der Waals surface area (Å²) in [7, 11) is 0. The molecule has 0 spiro atoms. The monoisotopic (exact) mass is 183 g/mol. The minimum Gasteiger partial charge on any atom is -0.508 e. The Hall–Kier alpha value is -1.42. The molecule has 0 radical (unpaired) electrons. The number of carbonyl (C=O) groups is 1. The second-order valence-corrected chi connectivity index (χ2v) is 2.82. The van der Waals surface area contributed by atoms with Crippen LogP contribution in [0.1, 0.15) is 17.3 Å². The maximum absolute atomic E-state index is 13.0. The molecule has 4 heteroatoms. The predicted molar refractivity (Wildman–Crippen MR) is 46.0 cm³/mol. The smallest absolute Gasteiger partial charge is 0.182 e. The maximum Gasteiger partial charge on any atom is 0.182 e. The van der Waals surface area contributed by atoms with Crippen molar-refractivity contribution in [3.8, 4) is 5.75 Å². The SMILES string of the molecule is CC(N)C(=O)c1ccc(O)cc1F. The van der Waals surface area contributed by atoms with Crippen molar-refractivity contribution in [2.45, 2.75) is 13.0 Å². The Morgan fingerprint density at radius 2 is 2.23 bits per heavy atom. The average Bonchev–Trinajstić information content (AvgIpc) is 2.03. The van der Waals surface area contributed by atoms with Gasteiger partial charge in [-0.2, -0.15) is 0 Å². The van der Waals surface area contributed by atoms with Gasteiger partial charge in [-0.3, -0.25) is 4.79 Å². The number of Topliss-reactive ketones (excluding diaryl/α,β-unsaturated/α-hetero) is 1. The predicted octanol–water partition coefficient (Wildman–Crippen LogP) is 1.06. The molecule has 0 bridgehead atoms. The zero-order valence-corrected chi connectivity index (χ0v) is 7.12. The Morgan fingerprint density at radius 1 is 1.62 bits per heavy atom. The van der Waals surface area contributed by atoms with E-state index in [-0.39, 0.29) is 11.3 Å². The zero-order valence-electron chi connectivity index (χ0n) is 7.12. The molecule has 3 nitrogen and oxygen atoms in total. The fourth-order valence-corrected chi connectivity index (χ4v) is 0.949. The van der Waals surface area contributed by atoms with Crippen LogP contribution in [-0.4, -0.2) is 16.9 Å². The number of rotatable bonds is 2. The normalized spacial score (nSPS) is 12.5. The Morgan fingerprint density at radius 3 is 2.69 bits per heavy atom. The summed E-state index contributed by atoms with van der Waals surface area (Å²) in [5.74, 6) is -1.43. The summed E-state index contributed by atoms with van der Waals surface area (Å²) in [5.41, 5.74) is 5.21. The van der Waals surface area contributed by atoms with Crippen LogP contribution in [0.2, 0.25) is 0 Å². The van der Waals surface area contributed by atoms with Gasteiger partial charge in [-0.05, 0) is 19.1 Å². The van der Waals surface area contributed by atoms with Gasteiger partial charge in [0.25, 0.3) is 0 Å². The third-order valence-corrected chi connectivity index (χ3v) is 1.63. The second-order valence-electron chi connectivity index (χ2n) is 2.82. The summed E-state index contributed by atoms with van der Waals surface area (Å²) in [6.07, 6.45) is 0. The van der Waals surface area contributed by atoms with Crippen LogP contribution in [0.4, 0.5) is 4.39 Å². The third-order valence-electron chi connectivity index (χ3n) is 1.63. The van der Waals surface area contributed by atoms with Gasteiger partial charge in [0.15, 0.2) is 5.78 Å². The third kappa shape index (κ3) is 2.03. The Balaban J connectivity index is 3.09. The lowest BCUT2D eigenvalue weighted by atomic mass is 10.1. The number of phenolic OH excluding ortho intramolecular Hbond substituents is 1. The summed E-state index contributed by atoms with van der Waals surface area (Å²) in [6, 6.07) is 2.61. The zero-order chi connectivity index (χ0) is 10.0. The van der Waals surface area contributed by atoms with Gasteiger partial charge in [-0.25, -0.2) is 4.39 Å². The molecule has 0 aromatic heterocycles. The van der Waals surface area contributed by atoms with Gasteiger partial charge >= 0.3 is 0 Å². The van der Waals surface area contributed by atoms with E-state index in [1.807, 2.05) is 0 Å². The fraction of sp³-hybridized carbons (Fsp3) is 0.222. The van der Waals surface area contributed by atoms with Crippen LogP contribution < -0.4 is 5.73 Å². The molecule has 0 aliphatic heterocycles. The highest BCUT2D eigenvalue weighted by molar-refractivity contribution is 6.00. The molecule has 3 N–H and O–H groups in total. The van der Waals surface area contributed by atoms with E-state index in [0.29, 0.717) is 0 Å². The fourth-order valence-electron chi connectivity index (χ4n) is 0.949. The van der Waals surface area contributed by atoms with E-state index in [2.05, 4.69) is 0 Å². The number of aromatic hydroxyl groups is 1. The number of hydrogen-bond acceptors (Lipinski definition) is 3. The molecule has 0 aliphatic rings. The standard InChI is InChI=1S/C9H10FNO2/c1-5(11)9(13)7-3-2-6(12)4-8(7)10/h2-5,12H,11H2,1H3. The molecular formula is C9H10FNO2. The average molecular weight is 183 g/mol. The van der Waals surface area contributed by atoms with Crippen molar-refractivity contribution in [2.75, 3.05) is 0 Å². The van der Waals surface area contributed by atoms with Crippen molar-refractivity contribution in [3.05, 3.63) is 29.6 Å². The Labute approximate surface area is 75.0 Å². The lowest BCUT2D eigenvalue weighted by molar-refractivity contribution is 0.0964. The van der Waals surface area contributed by atoms with Gasteiger partial charge in [-0.1, -0.05) is 0 Å². The first kappa shape index (κ1) is 9.67. The van der Waals surface area contributed by atoms with Gasteiger partial charge in [0.2, 0.25) is 0 Å². The first-order chi connectivity index (χ1) is 6.02. The highest BCUT2D eigenvalue weighted by Gasteiger charge is 2.15. The lowest BCUT2D eigenvalue weighted by Crippen LogP contribution is -2.27. The summed E-state index contributed by atoms with van der Waals surface area (Å²) < 4.78 is 13.0. The molecule has 1 unspecified atom stereocenters. The molecular weight excluding hydrogens is 173 g/mol. The number of hydrogen-bond donors (Lipinski definition) is 2. The van der Waals surface area contributed by atoms with E-state index in [1.165, 1.54) is 19.1 Å². The highest BCUT2D eigenvalue weighted by Crippen LogP contribution is 2.15. The first-order valence-electron chi connectivity index (χ1n) is 3.80. The van der Waals surface area contributed by atoms with E-state index in [1.54, 1.807) is 0 Å². The topological polar surface area (TPSA) is 63.3 Å². The van der Waals surface area contributed by atoms with Crippen LogP contribution in [0.25, 0.3) is 0 Å². The number of phenols is 1. The lowest BCUT2D eigenvalue weighted by Gasteiger charge is -2.05. The number of halogens is 1. The van der Waals surface area contributed by atoms with Gasteiger partial charge < -0.3 is 10.8 Å². The van der Waals surface area contributed by atoms with Crippen LogP contribution in [0, 0.1) is 5.82 Å². The molecule has 0 amide bonds. The molecule has 0 saturated heterocycles. The summed E-state index contributed by atoms with van der Waals surface area (Å²) in [6.45, 7) is 1.48. The van der Waals surface area contributed by atoms with E-state index in [4.69, 9.17) is 10.8 Å². The highest BCUT2D eigenvalue weighted by atomic mass is 19.1. The van der Waals surface area contributed by atoms with E-state index in [9.17, 15) is 9.18 Å².